The molecule has 0 aliphatic carbocycles. The Balaban J connectivity index is 6.51. The Labute approximate surface area is 135 Å². The van der Waals surface area contributed by atoms with E-state index < -0.39 is 61.9 Å². The van der Waals surface area contributed by atoms with Crippen molar-refractivity contribution in [1.29, 1.82) is 0 Å². The van der Waals surface area contributed by atoms with E-state index in [1.807, 2.05) is 0 Å². The Kier molecular flexibility index (Phi) is 6.30. The molecule has 0 aromatic carbocycles. The van der Waals surface area contributed by atoms with Gasteiger partial charge in [0.15, 0.2) is 4.87 Å². The van der Waals surface area contributed by atoms with Gasteiger partial charge in [0.05, 0.1) is 0 Å². The van der Waals surface area contributed by atoms with E-state index in [1.165, 1.54) is 0 Å². The predicted octanol–water partition coefficient (Wildman–Crippen LogP) is 0.237. The molecule has 0 amide bonds. The highest BCUT2D eigenvalue weighted by Gasteiger charge is 2.86. The van der Waals surface area contributed by atoms with E-state index in [4.69, 9.17) is 9.66 Å². The van der Waals surface area contributed by atoms with Crippen LogP contribution >= 0.6 is 0 Å². The van der Waals surface area contributed by atoms with Crippen LogP contribution in [0.2, 0.25) is 0 Å². The van der Waals surface area contributed by atoms with Crippen LogP contribution in [0.5, 0.6) is 0 Å². The molecule has 4 N–H and O–H groups in total. The van der Waals surface area contributed by atoms with E-state index in [0.717, 1.165) is 0 Å². The van der Waals surface area contributed by atoms with Gasteiger partial charge >= 0.3 is 23.9 Å². The van der Waals surface area contributed by atoms with Gasteiger partial charge < -0.3 is 15.4 Å². The highest BCUT2D eigenvalue weighted by molar-refractivity contribution is 7.86. The fourth-order valence-corrected chi connectivity index (χ4v) is 2.78. The molecule has 0 spiro atoms. The molecule has 7 nitrogen and oxygen atoms in total. The van der Waals surface area contributed by atoms with Gasteiger partial charge in [-0.15, -0.1) is 0 Å². The summed E-state index contributed by atoms with van der Waals surface area (Å²) in [5, 5.41) is 9.05. The number of aliphatic hydroxyl groups excluding tert-OH is 1. The number of alkyl halides is 9. The minimum atomic E-state index is -7.55. The number of hydrogen-bond acceptors (Lipinski definition) is 6. The Morgan fingerprint density at radius 2 is 1.32 bits per heavy atom. The van der Waals surface area contributed by atoms with E-state index in [9.17, 15) is 56.7 Å². The summed E-state index contributed by atoms with van der Waals surface area (Å²) in [6.45, 7) is 0. The third-order valence-corrected chi connectivity index (χ3v) is 4.59. The van der Waals surface area contributed by atoms with Crippen molar-refractivity contribution in [2.75, 3.05) is 5.75 Å². The lowest BCUT2D eigenvalue weighted by Crippen LogP contribution is -2.76. The average molecular weight is 436 g/mol. The molecule has 0 aliphatic rings. The summed E-state index contributed by atoms with van der Waals surface area (Å²) in [4.78, 5) is -5.36. The second-order valence-electron chi connectivity index (χ2n) is 4.51. The molecule has 152 valence electrons. The van der Waals surface area contributed by atoms with Crippen molar-refractivity contribution in [3.05, 3.63) is 0 Å². The summed E-state index contributed by atoms with van der Waals surface area (Å²) < 4.78 is 166. The third-order valence-electron chi connectivity index (χ3n) is 2.77. The average Bonchev–Trinajstić information content (AvgIpc) is 2.32. The smallest absolute Gasteiger partial charge is 0.460 e. The molecule has 0 saturated carbocycles. The molecule has 0 saturated heterocycles. The first-order valence-corrected chi connectivity index (χ1v) is 7.97. The quantitative estimate of drug-likeness (QED) is 0.295. The van der Waals surface area contributed by atoms with Crippen LogP contribution in [0, 0.1) is 0 Å². The zero-order chi connectivity index (χ0) is 20.9. The Hall–Kier alpha value is -0.690. The Morgan fingerprint density at radius 1 is 0.960 bits per heavy atom. The van der Waals surface area contributed by atoms with Gasteiger partial charge in [0.1, 0.15) is 11.9 Å². The lowest BCUT2D eigenvalue weighted by molar-refractivity contribution is -0.402. The lowest BCUT2D eigenvalue weighted by atomic mass is 9.94. The number of nitrogens with two attached hydrogens (primary N) is 1. The molecule has 0 aromatic heterocycles. The van der Waals surface area contributed by atoms with E-state index >= 15 is 0 Å². The fourth-order valence-electron chi connectivity index (χ4n) is 1.37. The van der Waals surface area contributed by atoms with Crippen LogP contribution in [0.4, 0.5) is 39.5 Å². The van der Waals surface area contributed by atoms with Gasteiger partial charge in [-0.25, -0.2) is 0 Å². The molecule has 0 fully saturated rings. The SMILES string of the molecule is NC(C(O)CS(=O)(=O)O)(S(=O)[O-])C(F)(F)C(F)(F)C(F)(F)C(F)(F)F. The van der Waals surface area contributed by atoms with E-state index in [1.54, 1.807) is 0 Å². The van der Waals surface area contributed by atoms with Crippen LogP contribution in [0.1, 0.15) is 0 Å². The second kappa shape index (κ2) is 6.48. The molecule has 18 heteroatoms. The number of halogens is 9. The van der Waals surface area contributed by atoms with Gasteiger partial charge in [0, 0.05) is 0 Å². The first-order valence-electron chi connectivity index (χ1n) is 5.29. The molecule has 3 atom stereocenters. The maximum atomic E-state index is 13.7. The normalized spacial score (nSPS) is 20.0. The third kappa shape index (κ3) is 3.87. The lowest BCUT2D eigenvalue weighted by Gasteiger charge is -2.45. The van der Waals surface area contributed by atoms with Gasteiger partial charge in [-0.2, -0.15) is 47.9 Å². The van der Waals surface area contributed by atoms with Crippen LogP contribution in [0.15, 0.2) is 0 Å². The van der Waals surface area contributed by atoms with E-state index in [0.29, 0.717) is 0 Å². The summed E-state index contributed by atoms with van der Waals surface area (Å²) in [6.07, 6.45) is -11.2. The molecule has 0 rings (SSSR count). The monoisotopic (exact) mass is 436 g/mol. The van der Waals surface area contributed by atoms with Gasteiger partial charge in [-0.3, -0.25) is 8.76 Å². The minimum Gasteiger partial charge on any atom is -0.771 e. The molecule has 0 aliphatic heterocycles. The van der Waals surface area contributed by atoms with Crippen molar-refractivity contribution >= 4 is 21.2 Å². The summed E-state index contributed by atoms with van der Waals surface area (Å²) in [7, 11) is -5.60. The van der Waals surface area contributed by atoms with Gasteiger partial charge in [-0.05, 0) is 11.1 Å². The standard InChI is InChI=1S/C7H8F9NO6S2/c8-4(9,5(10,11)6(12,13)7(14,15)16)3(17,24(19)20)2(18)1-25(21,22)23/h2,18H,1,17H2,(H,19,20)(H,21,22,23)/p-1. The zero-order valence-corrected chi connectivity index (χ0v) is 12.7. The fraction of sp³-hybridized carbons (Fsp3) is 1.00. The van der Waals surface area contributed by atoms with Crippen molar-refractivity contribution in [3.63, 3.8) is 0 Å². The summed E-state index contributed by atoms with van der Waals surface area (Å²) in [5.41, 5.74) is 4.23. The molecule has 0 radical (unpaired) electrons. The summed E-state index contributed by atoms with van der Waals surface area (Å²) >= 11 is -4.94. The molecule has 0 aromatic rings. The van der Waals surface area contributed by atoms with Crippen molar-refractivity contribution in [2.24, 2.45) is 5.73 Å². The highest BCUT2D eigenvalue weighted by Crippen LogP contribution is 2.56. The van der Waals surface area contributed by atoms with Crippen LogP contribution in [0.3, 0.4) is 0 Å². The van der Waals surface area contributed by atoms with Gasteiger partial charge in [-0.1, -0.05) is 0 Å². The van der Waals surface area contributed by atoms with Crippen LogP contribution in [0.25, 0.3) is 0 Å². The minimum absolute atomic E-state index is 2.50. The molecular weight excluding hydrogens is 429 g/mol. The molecular formula is C7H7F9NO6S2-. The molecule has 0 bridgehead atoms. The summed E-state index contributed by atoms with van der Waals surface area (Å²) in [5.74, 6) is -24.6. The molecule has 0 heterocycles. The van der Waals surface area contributed by atoms with Crippen molar-refractivity contribution in [3.8, 4) is 0 Å². The first kappa shape index (κ1) is 24.3. The van der Waals surface area contributed by atoms with Gasteiger partial charge in [0.2, 0.25) is 0 Å². The van der Waals surface area contributed by atoms with E-state index in [-0.39, 0.29) is 0 Å². The Morgan fingerprint density at radius 3 is 1.56 bits per heavy atom. The highest BCUT2D eigenvalue weighted by atomic mass is 32.2. The van der Waals surface area contributed by atoms with E-state index in [2.05, 4.69) is 5.73 Å². The van der Waals surface area contributed by atoms with Crippen LogP contribution in [-0.4, -0.2) is 67.5 Å². The second-order valence-corrected chi connectivity index (χ2v) is 7.16. The Bertz CT molecular complexity index is 635. The molecule has 3 unspecified atom stereocenters. The molecule has 25 heavy (non-hydrogen) atoms. The van der Waals surface area contributed by atoms with Crippen molar-refractivity contribution in [1.82, 2.24) is 0 Å². The topological polar surface area (TPSA) is 141 Å². The van der Waals surface area contributed by atoms with Crippen LogP contribution < -0.4 is 5.73 Å². The van der Waals surface area contributed by atoms with Gasteiger partial charge in [0.25, 0.3) is 10.1 Å². The largest absolute Gasteiger partial charge is 0.771 e. The summed E-state index contributed by atoms with van der Waals surface area (Å²) in [6, 6.07) is 0. The predicted molar refractivity (Wildman–Crippen MR) is 59.2 cm³/mol. The first-order chi connectivity index (χ1) is 10.6. The number of rotatable bonds is 7. The van der Waals surface area contributed by atoms with Crippen molar-refractivity contribution < 1.29 is 66.4 Å². The maximum Gasteiger partial charge on any atom is 0.460 e. The maximum absolute atomic E-state index is 13.7. The zero-order valence-electron chi connectivity index (χ0n) is 11.1. The number of hydrogen-bond donors (Lipinski definition) is 3. The van der Waals surface area contributed by atoms with Crippen LogP contribution in [-0.2, 0) is 21.2 Å². The van der Waals surface area contributed by atoms with Crippen molar-refractivity contribution in [2.45, 2.75) is 34.9 Å². The number of aliphatic hydroxyl groups is 1.